The number of rotatable bonds is 3. The Morgan fingerprint density at radius 3 is 2.62 bits per heavy atom. The fraction of sp³-hybridized carbons (Fsp3) is 0.462. The maximum atomic E-state index is 10.1. The zero-order chi connectivity index (χ0) is 11.5. The van der Waals surface area contributed by atoms with E-state index in [0.717, 1.165) is 18.4 Å². The molecule has 0 bridgehead atoms. The molecule has 0 unspecified atom stereocenters. The molecule has 84 valence electrons. The summed E-state index contributed by atoms with van der Waals surface area (Å²) in [6.07, 6.45) is 2.74. The maximum Gasteiger partial charge on any atom is 0.0995 e. The van der Waals surface area contributed by atoms with Crippen LogP contribution in [0.2, 0.25) is 0 Å². The molecule has 1 aliphatic rings. The van der Waals surface area contributed by atoms with Gasteiger partial charge in [-0.05, 0) is 30.4 Å². The van der Waals surface area contributed by atoms with E-state index >= 15 is 0 Å². The number of nitrogens with zero attached hydrogens (tertiary/aromatic N) is 1. The molecule has 2 atom stereocenters. The standard InChI is InChI=1S/C13H16N2O/c14-8-10-4-1-2-7-11(10)12(15)13(16)9-5-3-6-9/h1-2,4,7,9,12-13,16H,3,5-6,15H2/t12-,13+/m0/s1. The fourth-order valence-corrected chi connectivity index (χ4v) is 2.15. The van der Waals surface area contributed by atoms with E-state index in [0.29, 0.717) is 11.5 Å². The van der Waals surface area contributed by atoms with Gasteiger partial charge in [-0.2, -0.15) is 5.26 Å². The van der Waals surface area contributed by atoms with Gasteiger partial charge in [0.25, 0.3) is 0 Å². The summed E-state index contributed by atoms with van der Waals surface area (Å²) in [6.45, 7) is 0. The highest BCUT2D eigenvalue weighted by atomic mass is 16.3. The van der Waals surface area contributed by atoms with Crippen molar-refractivity contribution >= 4 is 0 Å². The molecule has 1 aliphatic carbocycles. The lowest BCUT2D eigenvalue weighted by Crippen LogP contribution is -2.36. The van der Waals surface area contributed by atoms with Crippen molar-refractivity contribution in [1.29, 1.82) is 5.26 Å². The van der Waals surface area contributed by atoms with Gasteiger partial charge in [0, 0.05) is 0 Å². The van der Waals surface area contributed by atoms with E-state index in [-0.39, 0.29) is 0 Å². The van der Waals surface area contributed by atoms with Crippen LogP contribution in [0, 0.1) is 17.2 Å². The average molecular weight is 216 g/mol. The Labute approximate surface area is 95.5 Å². The Balaban J connectivity index is 2.19. The minimum Gasteiger partial charge on any atom is -0.391 e. The van der Waals surface area contributed by atoms with Crippen LogP contribution in [-0.2, 0) is 0 Å². The second-order valence-corrected chi connectivity index (χ2v) is 4.41. The first kappa shape index (κ1) is 11.1. The molecule has 0 heterocycles. The Kier molecular flexibility index (Phi) is 3.23. The summed E-state index contributed by atoms with van der Waals surface area (Å²) in [6, 6.07) is 8.90. The van der Waals surface area contributed by atoms with Crippen molar-refractivity contribution in [2.75, 3.05) is 0 Å². The summed E-state index contributed by atoms with van der Waals surface area (Å²) in [7, 11) is 0. The van der Waals surface area contributed by atoms with E-state index in [1.54, 1.807) is 6.07 Å². The van der Waals surface area contributed by atoms with Gasteiger partial charge in [0.05, 0.1) is 23.8 Å². The highest BCUT2D eigenvalue weighted by molar-refractivity contribution is 5.39. The van der Waals surface area contributed by atoms with Crippen LogP contribution < -0.4 is 5.73 Å². The molecule has 0 spiro atoms. The largest absolute Gasteiger partial charge is 0.391 e. The number of benzene rings is 1. The van der Waals surface area contributed by atoms with Gasteiger partial charge in [-0.25, -0.2) is 0 Å². The highest BCUT2D eigenvalue weighted by Crippen LogP contribution is 2.34. The molecule has 0 saturated heterocycles. The van der Waals surface area contributed by atoms with Crippen LogP contribution in [0.5, 0.6) is 0 Å². The maximum absolute atomic E-state index is 10.1. The van der Waals surface area contributed by atoms with E-state index in [4.69, 9.17) is 11.0 Å². The number of nitrogens with two attached hydrogens (primary N) is 1. The number of hydrogen-bond donors (Lipinski definition) is 2. The lowest BCUT2D eigenvalue weighted by molar-refractivity contribution is 0.0413. The van der Waals surface area contributed by atoms with Crippen LogP contribution in [0.25, 0.3) is 0 Å². The molecular weight excluding hydrogens is 200 g/mol. The smallest absolute Gasteiger partial charge is 0.0995 e. The summed E-state index contributed by atoms with van der Waals surface area (Å²) in [5.41, 5.74) is 7.34. The van der Waals surface area contributed by atoms with Crippen LogP contribution in [0.4, 0.5) is 0 Å². The first-order chi connectivity index (χ1) is 7.74. The summed E-state index contributed by atoms with van der Waals surface area (Å²) < 4.78 is 0. The molecule has 0 aromatic heterocycles. The van der Waals surface area contributed by atoms with Gasteiger partial charge in [0.1, 0.15) is 0 Å². The number of nitriles is 1. The van der Waals surface area contributed by atoms with Gasteiger partial charge < -0.3 is 10.8 Å². The molecule has 1 aromatic rings. The Bertz CT molecular complexity index is 407. The summed E-state index contributed by atoms with van der Waals surface area (Å²) in [5.74, 6) is 0.307. The summed E-state index contributed by atoms with van der Waals surface area (Å²) >= 11 is 0. The van der Waals surface area contributed by atoms with Crippen molar-refractivity contribution in [3.63, 3.8) is 0 Å². The van der Waals surface area contributed by atoms with Crippen LogP contribution in [0.3, 0.4) is 0 Å². The number of hydrogen-bond acceptors (Lipinski definition) is 3. The molecule has 0 radical (unpaired) electrons. The second kappa shape index (κ2) is 4.65. The molecule has 2 rings (SSSR count). The van der Waals surface area contributed by atoms with Crippen molar-refractivity contribution in [1.82, 2.24) is 0 Å². The topological polar surface area (TPSA) is 70.0 Å². The molecule has 1 fully saturated rings. The molecule has 3 N–H and O–H groups in total. The second-order valence-electron chi connectivity index (χ2n) is 4.41. The lowest BCUT2D eigenvalue weighted by Gasteiger charge is -2.34. The average Bonchev–Trinajstić information content (AvgIpc) is 2.25. The zero-order valence-electron chi connectivity index (χ0n) is 9.13. The van der Waals surface area contributed by atoms with Gasteiger partial charge >= 0.3 is 0 Å². The monoisotopic (exact) mass is 216 g/mol. The predicted octanol–water partition coefficient (Wildman–Crippen LogP) is 1.72. The van der Waals surface area contributed by atoms with Crippen molar-refractivity contribution in [2.45, 2.75) is 31.4 Å². The third-order valence-corrected chi connectivity index (χ3v) is 3.44. The summed E-state index contributed by atoms with van der Waals surface area (Å²) in [5, 5.41) is 19.0. The highest BCUT2D eigenvalue weighted by Gasteiger charge is 2.31. The van der Waals surface area contributed by atoms with Gasteiger partial charge in [-0.1, -0.05) is 24.6 Å². The zero-order valence-corrected chi connectivity index (χ0v) is 9.13. The van der Waals surface area contributed by atoms with Crippen molar-refractivity contribution in [3.8, 4) is 6.07 Å². The van der Waals surface area contributed by atoms with E-state index in [2.05, 4.69) is 6.07 Å². The van der Waals surface area contributed by atoms with Crippen molar-refractivity contribution in [2.24, 2.45) is 11.7 Å². The molecule has 0 aliphatic heterocycles. The van der Waals surface area contributed by atoms with Crippen LogP contribution in [0.1, 0.15) is 36.4 Å². The van der Waals surface area contributed by atoms with Gasteiger partial charge in [0.15, 0.2) is 0 Å². The molecular formula is C13H16N2O. The van der Waals surface area contributed by atoms with E-state index in [1.165, 1.54) is 6.42 Å². The minimum atomic E-state index is -0.525. The third-order valence-electron chi connectivity index (χ3n) is 3.44. The SMILES string of the molecule is N#Cc1ccccc1[C@H](N)[C@H](O)C1CCC1. The van der Waals surface area contributed by atoms with Gasteiger partial charge in [-0.15, -0.1) is 0 Å². The Morgan fingerprint density at radius 1 is 1.38 bits per heavy atom. The first-order valence-corrected chi connectivity index (χ1v) is 5.66. The van der Waals surface area contributed by atoms with E-state index < -0.39 is 12.1 Å². The van der Waals surface area contributed by atoms with Gasteiger partial charge in [-0.3, -0.25) is 0 Å². The molecule has 3 heteroatoms. The molecule has 0 amide bonds. The normalized spacial score (nSPS) is 19.6. The molecule has 16 heavy (non-hydrogen) atoms. The predicted molar refractivity (Wildman–Crippen MR) is 61.4 cm³/mol. The lowest BCUT2D eigenvalue weighted by atomic mass is 9.77. The van der Waals surface area contributed by atoms with E-state index in [1.807, 2.05) is 18.2 Å². The minimum absolute atomic E-state index is 0.307. The molecule has 3 nitrogen and oxygen atoms in total. The Morgan fingerprint density at radius 2 is 2.06 bits per heavy atom. The van der Waals surface area contributed by atoms with Crippen molar-refractivity contribution in [3.05, 3.63) is 35.4 Å². The van der Waals surface area contributed by atoms with Gasteiger partial charge in [0.2, 0.25) is 0 Å². The summed E-state index contributed by atoms with van der Waals surface area (Å²) in [4.78, 5) is 0. The fourth-order valence-electron chi connectivity index (χ4n) is 2.15. The van der Waals surface area contributed by atoms with Crippen molar-refractivity contribution < 1.29 is 5.11 Å². The third kappa shape index (κ3) is 1.95. The first-order valence-electron chi connectivity index (χ1n) is 5.66. The number of aliphatic hydroxyl groups excluding tert-OH is 1. The van der Waals surface area contributed by atoms with Crippen LogP contribution >= 0.6 is 0 Å². The Hall–Kier alpha value is -1.37. The molecule has 1 saturated carbocycles. The molecule has 1 aromatic carbocycles. The van der Waals surface area contributed by atoms with Crippen LogP contribution in [-0.4, -0.2) is 11.2 Å². The quantitative estimate of drug-likeness (QED) is 0.808. The van der Waals surface area contributed by atoms with Crippen LogP contribution in [0.15, 0.2) is 24.3 Å². The van der Waals surface area contributed by atoms with E-state index in [9.17, 15) is 5.11 Å². The number of aliphatic hydroxyl groups is 1.